The van der Waals surface area contributed by atoms with E-state index in [1.54, 1.807) is 4.90 Å². The van der Waals surface area contributed by atoms with Crippen LogP contribution in [0.4, 0.5) is 5.69 Å². The number of hydrogen-bond donors (Lipinski definition) is 1. The molecule has 1 unspecified atom stereocenters. The second-order valence-electron chi connectivity index (χ2n) is 6.84. The Labute approximate surface area is 160 Å². The van der Waals surface area contributed by atoms with E-state index in [0.717, 1.165) is 29.7 Å². The van der Waals surface area contributed by atoms with Crippen LogP contribution >= 0.6 is 0 Å². The van der Waals surface area contributed by atoms with E-state index in [1.807, 2.05) is 54.6 Å². The lowest BCUT2D eigenvalue weighted by atomic mass is 9.92. The van der Waals surface area contributed by atoms with Crippen LogP contribution in [0.2, 0.25) is 0 Å². The second-order valence-corrected chi connectivity index (χ2v) is 6.84. The Hall–Kier alpha value is -2.50. The van der Waals surface area contributed by atoms with Crippen molar-refractivity contribution in [1.82, 2.24) is 0 Å². The van der Waals surface area contributed by atoms with Crippen LogP contribution < -0.4 is 10.6 Å². The van der Waals surface area contributed by atoms with E-state index in [0.29, 0.717) is 13.2 Å². The number of ketones is 1. The molecule has 2 atom stereocenters. The first-order valence-electron chi connectivity index (χ1n) is 9.44. The van der Waals surface area contributed by atoms with E-state index >= 15 is 0 Å². The lowest BCUT2D eigenvalue weighted by Crippen LogP contribution is -2.42. The van der Waals surface area contributed by atoms with Gasteiger partial charge >= 0.3 is 0 Å². The van der Waals surface area contributed by atoms with Gasteiger partial charge in [0.05, 0.1) is 19.2 Å². The Bertz CT molecular complexity index is 791. The SMILES string of the molecule is CCCCOC[C@H](N)C(=O)C1C(=O)N(Cc2ccccc2)c2ccccc21. The Morgan fingerprint density at radius 1 is 1.15 bits per heavy atom. The fraction of sp³-hybridized carbons (Fsp3) is 0.364. The molecule has 1 aliphatic rings. The maximum absolute atomic E-state index is 13.1. The number of para-hydroxylation sites is 1. The fourth-order valence-corrected chi connectivity index (χ4v) is 3.34. The van der Waals surface area contributed by atoms with Gasteiger partial charge in [-0.05, 0) is 23.6 Å². The first-order chi connectivity index (χ1) is 13.1. The summed E-state index contributed by atoms with van der Waals surface area (Å²) in [7, 11) is 0. The van der Waals surface area contributed by atoms with E-state index < -0.39 is 12.0 Å². The Balaban J connectivity index is 1.78. The predicted molar refractivity (Wildman–Crippen MR) is 106 cm³/mol. The molecule has 1 aliphatic heterocycles. The molecule has 2 N–H and O–H groups in total. The van der Waals surface area contributed by atoms with Crippen molar-refractivity contribution in [2.24, 2.45) is 5.73 Å². The van der Waals surface area contributed by atoms with E-state index in [9.17, 15) is 9.59 Å². The molecule has 0 saturated carbocycles. The number of unbranched alkanes of at least 4 members (excludes halogenated alkanes) is 1. The topological polar surface area (TPSA) is 72.6 Å². The number of nitrogens with zero attached hydrogens (tertiary/aromatic N) is 1. The number of ether oxygens (including phenoxy) is 1. The number of benzene rings is 2. The molecule has 0 bridgehead atoms. The van der Waals surface area contributed by atoms with E-state index in [2.05, 4.69) is 6.92 Å². The Morgan fingerprint density at radius 3 is 2.59 bits per heavy atom. The van der Waals surface area contributed by atoms with Gasteiger partial charge in [0.1, 0.15) is 5.92 Å². The van der Waals surface area contributed by atoms with Crippen LogP contribution in [0.5, 0.6) is 0 Å². The van der Waals surface area contributed by atoms with Crippen molar-refractivity contribution in [3.63, 3.8) is 0 Å². The quantitative estimate of drug-likeness (QED) is 0.547. The van der Waals surface area contributed by atoms with Crippen molar-refractivity contribution in [3.8, 4) is 0 Å². The average Bonchev–Trinajstić information content (AvgIpc) is 2.97. The van der Waals surface area contributed by atoms with Crippen LogP contribution in [0.15, 0.2) is 54.6 Å². The number of carbonyl (C=O) groups is 2. The lowest BCUT2D eigenvalue weighted by Gasteiger charge is -2.19. The van der Waals surface area contributed by atoms with Gasteiger partial charge in [-0.25, -0.2) is 0 Å². The summed E-state index contributed by atoms with van der Waals surface area (Å²) in [5.41, 5.74) is 8.58. The van der Waals surface area contributed by atoms with Gasteiger partial charge < -0.3 is 15.4 Å². The molecule has 0 aromatic heterocycles. The molecule has 1 amide bonds. The van der Waals surface area contributed by atoms with Crippen LogP contribution in [0, 0.1) is 0 Å². The molecule has 5 nitrogen and oxygen atoms in total. The molecule has 0 saturated heterocycles. The van der Waals surface area contributed by atoms with Gasteiger partial charge in [-0.15, -0.1) is 0 Å². The zero-order valence-electron chi connectivity index (χ0n) is 15.6. The molecule has 142 valence electrons. The highest BCUT2D eigenvalue weighted by Crippen LogP contribution is 2.39. The number of amides is 1. The summed E-state index contributed by atoms with van der Waals surface area (Å²) in [6, 6.07) is 16.4. The van der Waals surface area contributed by atoms with Crippen molar-refractivity contribution in [1.29, 1.82) is 0 Å². The lowest BCUT2D eigenvalue weighted by molar-refractivity contribution is -0.130. The largest absolute Gasteiger partial charge is 0.379 e. The van der Waals surface area contributed by atoms with Crippen molar-refractivity contribution in [2.45, 2.75) is 38.3 Å². The number of anilines is 1. The highest BCUT2D eigenvalue weighted by Gasteiger charge is 2.43. The van der Waals surface area contributed by atoms with Gasteiger partial charge in [-0.2, -0.15) is 0 Å². The van der Waals surface area contributed by atoms with Crippen LogP contribution in [0.3, 0.4) is 0 Å². The van der Waals surface area contributed by atoms with Crippen molar-refractivity contribution in [2.75, 3.05) is 18.1 Å². The summed E-state index contributed by atoms with van der Waals surface area (Å²) in [5.74, 6) is -1.34. The zero-order chi connectivity index (χ0) is 19.2. The van der Waals surface area contributed by atoms with Crippen LogP contribution in [0.1, 0.15) is 36.8 Å². The number of fused-ring (bicyclic) bond motifs is 1. The monoisotopic (exact) mass is 366 g/mol. The molecular formula is C22H26N2O3. The summed E-state index contributed by atoms with van der Waals surface area (Å²) in [6.45, 7) is 3.23. The normalized spacial score (nSPS) is 17.0. The summed E-state index contributed by atoms with van der Waals surface area (Å²) < 4.78 is 5.49. The number of nitrogens with two attached hydrogens (primary N) is 1. The molecule has 0 radical (unpaired) electrons. The number of hydrogen-bond acceptors (Lipinski definition) is 4. The van der Waals surface area contributed by atoms with Gasteiger partial charge in [0.2, 0.25) is 5.91 Å². The van der Waals surface area contributed by atoms with Crippen molar-refractivity contribution in [3.05, 3.63) is 65.7 Å². The van der Waals surface area contributed by atoms with Gasteiger partial charge in [0.25, 0.3) is 0 Å². The highest BCUT2D eigenvalue weighted by atomic mass is 16.5. The molecule has 0 fully saturated rings. The fourth-order valence-electron chi connectivity index (χ4n) is 3.34. The third-order valence-electron chi connectivity index (χ3n) is 4.82. The molecule has 27 heavy (non-hydrogen) atoms. The third kappa shape index (κ3) is 4.26. The predicted octanol–water partition coefficient (Wildman–Crippen LogP) is 3.03. The second kappa shape index (κ2) is 8.93. The average molecular weight is 366 g/mol. The number of Topliss-reactive ketones (excluding diaryl/α,β-unsaturated/α-hetero) is 1. The first kappa shape index (κ1) is 19.3. The highest BCUT2D eigenvalue weighted by molar-refractivity contribution is 6.19. The number of carbonyl (C=O) groups excluding carboxylic acids is 2. The summed E-state index contributed by atoms with van der Waals surface area (Å²) in [6.07, 6.45) is 1.95. The Morgan fingerprint density at radius 2 is 1.85 bits per heavy atom. The van der Waals surface area contributed by atoms with Gasteiger partial charge in [-0.3, -0.25) is 9.59 Å². The summed E-state index contributed by atoms with van der Waals surface area (Å²) in [5, 5.41) is 0. The summed E-state index contributed by atoms with van der Waals surface area (Å²) >= 11 is 0. The molecule has 0 aliphatic carbocycles. The molecule has 2 aromatic carbocycles. The zero-order valence-corrected chi connectivity index (χ0v) is 15.6. The number of rotatable bonds is 9. The smallest absolute Gasteiger partial charge is 0.242 e. The molecule has 0 spiro atoms. The Kier molecular flexibility index (Phi) is 6.37. The van der Waals surface area contributed by atoms with Crippen molar-refractivity contribution < 1.29 is 14.3 Å². The molecule has 1 heterocycles. The molecular weight excluding hydrogens is 340 g/mol. The van der Waals surface area contributed by atoms with Crippen molar-refractivity contribution >= 4 is 17.4 Å². The minimum atomic E-state index is -0.852. The van der Waals surface area contributed by atoms with Crippen LogP contribution in [0.25, 0.3) is 0 Å². The van der Waals surface area contributed by atoms with Crippen LogP contribution in [-0.2, 0) is 20.9 Å². The van der Waals surface area contributed by atoms with Gasteiger partial charge in [-0.1, -0.05) is 61.9 Å². The first-order valence-corrected chi connectivity index (χ1v) is 9.44. The minimum absolute atomic E-state index is 0.142. The van der Waals surface area contributed by atoms with Gasteiger partial charge in [0, 0.05) is 12.3 Å². The van der Waals surface area contributed by atoms with E-state index in [1.165, 1.54) is 0 Å². The molecule has 5 heteroatoms. The van der Waals surface area contributed by atoms with E-state index in [4.69, 9.17) is 10.5 Å². The third-order valence-corrected chi connectivity index (χ3v) is 4.82. The maximum Gasteiger partial charge on any atom is 0.242 e. The van der Waals surface area contributed by atoms with Crippen LogP contribution in [-0.4, -0.2) is 30.9 Å². The summed E-state index contributed by atoms with van der Waals surface area (Å²) in [4.78, 5) is 27.7. The van der Waals surface area contributed by atoms with E-state index in [-0.39, 0.29) is 18.3 Å². The van der Waals surface area contributed by atoms with Gasteiger partial charge in [0.15, 0.2) is 5.78 Å². The molecule has 3 rings (SSSR count). The maximum atomic E-state index is 13.1. The standard InChI is InChI=1S/C22H26N2O3/c1-2-3-13-27-15-18(23)21(25)20-17-11-7-8-12-19(17)24(22(20)26)14-16-9-5-4-6-10-16/h4-12,18,20H,2-3,13-15,23H2,1H3/t18-,20?/m0/s1. The minimum Gasteiger partial charge on any atom is -0.379 e. The molecule has 2 aromatic rings.